The van der Waals surface area contributed by atoms with Gasteiger partial charge in [0, 0.05) is 26.7 Å². The summed E-state index contributed by atoms with van der Waals surface area (Å²) in [6, 6.07) is 16.3. The molecule has 0 bridgehead atoms. The first-order valence-corrected chi connectivity index (χ1v) is 10.4. The largest absolute Gasteiger partial charge is 0.478 e. The van der Waals surface area contributed by atoms with Crippen molar-refractivity contribution >= 4 is 16.2 Å². The third-order valence-corrected chi connectivity index (χ3v) is 6.86. The first kappa shape index (κ1) is 19.5. The highest BCUT2D eigenvalue weighted by Crippen LogP contribution is 2.29. The summed E-state index contributed by atoms with van der Waals surface area (Å²) in [6.07, 6.45) is 1.60. The first-order chi connectivity index (χ1) is 12.9. The minimum Gasteiger partial charge on any atom is -0.478 e. The summed E-state index contributed by atoms with van der Waals surface area (Å²) in [6.45, 7) is 1.17. The molecule has 2 aromatic rings. The summed E-state index contributed by atoms with van der Waals surface area (Å²) in [4.78, 5) is 11.2. The molecule has 0 radical (unpaired) electrons. The van der Waals surface area contributed by atoms with E-state index in [2.05, 4.69) is 0 Å². The summed E-state index contributed by atoms with van der Waals surface area (Å²) in [5, 5.41) is 9.19. The standard InChI is InChI=1S/C20H24N2O4S/c1-21(14-16-7-3-2-4-8-16)27(25,26)22-12-6-11-19(15-22)17-9-5-10-18(13-17)20(23)24/h2-5,7-10,13,19H,6,11-12,14-15H2,1H3,(H,23,24). The zero-order valence-electron chi connectivity index (χ0n) is 15.3. The Bertz CT molecular complexity index is 899. The summed E-state index contributed by atoms with van der Waals surface area (Å²) in [7, 11) is -1.98. The fourth-order valence-corrected chi connectivity index (χ4v) is 4.90. The molecule has 0 spiro atoms. The summed E-state index contributed by atoms with van der Waals surface area (Å²) in [5.41, 5.74) is 2.04. The summed E-state index contributed by atoms with van der Waals surface area (Å²) < 4.78 is 28.9. The van der Waals surface area contributed by atoms with E-state index in [0.717, 1.165) is 24.0 Å². The molecule has 0 amide bonds. The van der Waals surface area contributed by atoms with E-state index in [9.17, 15) is 18.3 Å². The monoisotopic (exact) mass is 388 g/mol. The quantitative estimate of drug-likeness (QED) is 0.825. The normalized spacial score (nSPS) is 18.5. The molecule has 6 nitrogen and oxygen atoms in total. The number of benzene rings is 2. The number of hydrogen-bond acceptors (Lipinski definition) is 3. The number of hydrogen-bond donors (Lipinski definition) is 1. The lowest BCUT2D eigenvalue weighted by atomic mass is 9.91. The molecule has 144 valence electrons. The highest BCUT2D eigenvalue weighted by atomic mass is 32.2. The van der Waals surface area contributed by atoms with Gasteiger partial charge in [-0.2, -0.15) is 17.0 Å². The number of carboxylic acid groups (broad SMARTS) is 1. The van der Waals surface area contributed by atoms with Crippen molar-refractivity contribution in [3.05, 3.63) is 71.3 Å². The van der Waals surface area contributed by atoms with Crippen molar-refractivity contribution in [3.8, 4) is 0 Å². The van der Waals surface area contributed by atoms with Gasteiger partial charge in [-0.15, -0.1) is 0 Å². The van der Waals surface area contributed by atoms with Crippen LogP contribution in [-0.4, -0.2) is 48.2 Å². The molecular formula is C20H24N2O4S. The Labute approximate surface area is 160 Å². The molecule has 1 aliphatic rings. The van der Waals surface area contributed by atoms with Gasteiger partial charge in [-0.05, 0) is 42.0 Å². The average molecular weight is 388 g/mol. The van der Waals surface area contributed by atoms with E-state index >= 15 is 0 Å². The Balaban J connectivity index is 1.74. The molecule has 1 aliphatic heterocycles. The van der Waals surface area contributed by atoms with Crippen molar-refractivity contribution < 1.29 is 18.3 Å². The van der Waals surface area contributed by atoms with Crippen LogP contribution in [0.4, 0.5) is 0 Å². The Morgan fingerprint density at radius 2 is 1.93 bits per heavy atom. The second-order valence-corrected chi connectivity index (χ2v) is 8.91. The van der Waals surface area contributed by atoms with Crippen LogP contribution >= 0.6 is 0 Å². The molecule has 7 heteroatoms. The molecule has 0 saturated carbocycles. The fraction of sp³-hybridized carbons (Fsp3) is 0.350. The van der Waals surface area contributed by atoms with Gasteiger partial charge in [-0.25, -0.2) is 4.79 Å². The van der Waals surface area contributed by atoms with Crippen LogP contribution in [0.3, 0.4) is 0 Å². The zero-order chi connectivity index (χ0) is 19.4. The van der Waals surface area contributed by atoms with Crippen molar-refractivity contribution in [1.82, 2.24) is 8.61 Å². The van der Waals surface area contributed by atoms with Crippen LogP contribution < -0.4 is 0 Å². The number of aromatic carboxylic acids is 1. The lowest BCUT2D eigenvalue weighted by molar-refractivity contribution is 0.0696. The van der Waals surface area contributed by atoms with Gasteiger partial charge in [0.15, 0.2) is 0 Å². The SMILES string of the molecule is CN(Cc1ccccc1)S(=O)(=O)N1CCCC(c2cccc(C(=O)O)c2)C1. The molecule has 1 saturated heterocycles. The predicted octanol–water partition coefficient (Wildman–Crippen LogP) is 2.94. The van der Waals surface area contributed by atoms with Gasteiger partial charge in [-0.1, -0.05) is 42.5 Å². The molecular weight excluding hydrogens is 364 g/mol. The fourth-order valence-electron chi connectivity index (χ4n) is 3.47. The average Bonchev–Trinajstić information content (AvgIpc) is 2.69. The highest BCUT2D eigenvalue weighted by Gasteiger charge is 2.32. The third kappa shape index (κ3) is 4.55. The first-order valence-electron chi connectivity index (χ1n) is 8.96. The summed E-state index contributed by atoms with van der Waals surface area (Å²) >= 11 is 0. The Morgan fingerprint density at radius 3 is 2.63 bits per heavy atom. The molecule has 1 atom stereocenters. The van der Waals surface area contributed by atoms with Gasteiger partial charge in [-0.3, -0.25) is 0 Å². The van der Waals surface area contributed by atoms with Crippen LogP contribution in [0.15, 0.2) is 54.6 Å². The van der Waals surface area contributed by atoms with Crippen LogP contribution in [0.2, 0.25) is 0 Å². The van der Waals surface area contributed by atoms with Crippen LogP contribution in [-0.2, 0) is 16.8 Å². The Morgan fingerprint density at radius 1 is 1.19 bits per heavy atom. The topological polar surface area (TPSA) is 77.9 Å². The Hall–Kier alpha value is -2.22. The smallest absolute Gasteiger partial charge is 0.335 e. The van der Waals surface area contributed by atoms with Crippen molar-refractivity contribution in [3.63, 3.8) is 0 Å². The van der Waals surface area contributed by atoms with Gasteiger partial charge in [0.2, 0.25) is 0 Å². The van der Waals surface area contributed by atoms with Gasteiger partial charge >= 0.3 is 5.97 Å². The molecule has 1 heterocycles. The molecule has 1 unspecified atom stereocenters. The Kier molecular flexibility index (Phi) is 5.94. The molecule has 1 N–H and O–H groups in total. The van der Waals surface area contributed by atoms with Crippen LogP contribution in [0.5, 0.6) is 0 Å². The number of piperidine rings is 1. The molecule has 2 aromatic carbocycles. The number of carbonyl (C=O) groups is 1. The van der Waals surface area contributed by atoms with Gasteiger partial charge < -0.3 is 5.11 Å². The second-order valence-electron chi connectivity index (χ2n) is 6.88. The highest BCUT2D eigenvalue weighted by molar-refractivity contribution is 7.86. The van der Waals surface area contributed by atoms with Crippen molar-refractivity contribution in [2.45, 2.75) is 25.3 Å². The molecule has 1 fully saturated rings. The van der Waals surface area contributed by atoms with E-state index in [1.807, 2.05) is 36.4 Å². The molecule has 27 heavy (non-hydrogen) atoms. The number of nitrogens with zero attached hydrogens (tertiary/aromatic N) is 2. The molecule has 0 aromatic heterocycles. The number of carboxylic acids is 1. The van der Waals surface area contributed by atoms with Crippen molar-refractivity contribution in [2.75, 3.05) is 20.1 Å². The van der Waals surface area contributed by atoms with Gasteiger partial charge in [0.05, 0.1) is 5.56 Å². The van der Waals surface area contributed by atoms with Gasteiger partial charge in [0.1, 0.15) is 0 Å². The molecule has 0 aliphatic carbocycles. The van der Waals surface area contributed by atoms with Crippen molar-refractivity contribution in [1.29, 1.82) is 0 Å². The maximum atomic E-state index is 13.0. The predicted molar refractivity (Wildman–Crippen MR) is 104 cm³/mol. The maximum absolute atomic E-state index is 13.0. The second kappa shape index (κ2) is 8.21. The van der Waals surface area contributed by atoms with E-state index in [1.54, 1.807) is 25.2 Å². The minimum atomic E-state index is -3.58. The van der Waals surface area contributed by atoms with Crippen molar-refractivity contribution in [2.24, 2.45) is 0 Å². The number of rotatable bonds is 6. The minimum absolute atomic E-state index is 0.00190. The maximum Gasteiger partial charge on any atom is 0.335 e. The lowest BCUT2D eigenvalue weighted by Crippen LogP contribution is -2.45. The van der Waals surface area contributed by atoms with Crippen LogP contribution in [0.1, 0.15) is 40.2 Å². The van der Waals surface area contributed by atoms with Crippen LogP contribution in [0, 0.1) is 0 Å². The van der Waals surface area contributed by atoms with E-state index in [-0.39, 0.29) is 11.5 Å². The summed E-state index contributed by atoms with van der Waals surface area (Å²) in [5.74, 6) is -0.974. The van der Waals surface area contributed by atoms with E-state index in [1.165, 1.54) is 8.61 Å². The van der Waals surface area contributed by atoms with E-state index < -0.39 is 16.2 Å². The molecule has 3 rings (SSSR count). The van der Waals surface area contributed by atoms with E-state index in [4.69, 9.17) is 0 Å². The zero-order valence-corrected chi connectivity index (χ0v) is 16.1. The van der Waals surface area contributed by atoms with Gasteiger partial charge in [0.25, 0.3) is 10.2 Å². The third-order valence-electron chi connectivity index (χ3n) is 4.96. The van der Waals surface area contributed by atoms with Crippen LogP contribution in [0.25, 0.3) is 0 Å². The lowest BCUT2D eigenvalue weighted by Gasteiger charge is -2.34. The van der Waals surface area contributed by atoms with E-state index in [0.29, 0.717) is 19.6 Å².